The molecule has 2 atom stereocenters. The van der Waals surface area contributed by atoms with Gasteiger partial charge in [-0.05, 0) is 35.6 Å². The van der Waals surface area contributed by atoms with Gasteiger partial charge in [0.1, 0.15) is 5.82 Å². The molecule has 1 aliphatic heterocycles. The fraction of sp³-hybridized carbons (Fsp3) is 0.429. The average Bonchev–Trinajstić information content (AvgIpc) is 3.28. The van der Waals surface area contributed by atoms with E-state index in [4.69, 9.17) is 10.5 Å². The molecule has 0 radical (unpaired) electrons. The molecule has 0 bridgehead atoms. The third kappa shape index (κ3) is 6.51. The van der Waals surface area contributed by atoms with Crippen LogP contribution >= 0.6 is 11.3 Å². The molecule has 162 valence electrons. The number of carbonyl (C=O) groups excluding carboxylic acids is 2. The minimum atomic E-state index is -0.575. The zero-order chi connectivity index (χ0) is 21.3. The van der Waals surface area contributed by atoms with Crippen LogP contribution in [0.25, 0.3) is 0 Å². The van der Waals surface area contributed by atoms with Gasteiger partial charge in [0, 0.05) is 31.1 Å². The van der Waals surface area contributed by atoms with Crippen LogP contribution in [0.3, 0.4) is 0 Å². The molecule has 1 aromatic carbocycles. The van der Waals surface area contributed by atoms with E-state index in [1.165, 1.54) is 17.0 Å². The molecule has 2 heterocycles. The Hall–Kier alpha value is -2.49. The number of benzene rings is 1. The molecule has 9 heteroatoms. The third-order valence-electron chi connectivity index (χ3n) is 5.12. The number of primary amides is 1. The van der Waals surface area contributed by atoms with Crippen LogP contribution in [0.4, 0.5) is 9.18 Å². The highest BCUT2D eigenvalue weighted by Crippen LogP contribution is 2.25. The highest BCUT2D eigenvalue weighted by molar-refractivity contribution is 7.10. The van der Waals surface area contributed by atoms with E-state index < -0.39 is 11.8 Å². The Kier molecular flexibility index (Phi) is 8.18. The lowest BCUT2D eigenvalue weighted by atomic mass is 9.98. The summed E-state index contributed by atoms with van der Waals surface area (Å²) in [6.45, 7) is 3.54. The second-order valence-electron chi connectivity index (χ2n) is 7.20. The van der Waals surface area contributed by atoms with E-state index in [0.29, 0.717) is 26.2 Å². The first-order chi connectivity index (χ1) is 14.5. The molecule has 4 N–H and O–H groups in total. The largest absolute Gasteiger partial charge is 0.379 e. The van der Waals surface area contributed by atoms with Gasteiger partial charge in [0.2, 0.25) is 5.91 Å². The van der Waals surface area contributed by atoms with Gasteiger partial charge < -0.3 is 21.1 Å². The first-order valence-electron chi connectivity index (χ1n) is 9.93. The van der Waals surface area contributed by atoms with Crippen molar-refractivity contribution in [3.63, 3.8) is 0 Å². The number of nitrogens with two attached hydrogens (primary N) is 1. The number of nitrogens with zero attached hydrogens (tertiary/aromatic N) is 1. The summed E-state index contributed by atoms with van der Waals surface area (Å²) in [6.07, 6.45) is 0.335. The SMILES string of the molecule is NC(=O)C(CNC(=O)NCC(c1cccs1)N1CCOCC1)Cc1ccc(F)cc1. The van der Waals surface area contributed by atoms with E-state index in [0.717, 1.165) is 18.7 Å². The van der Waals surface area contributed by atoms with Crippen molar-refractivity contribution < 1.29 is 18.7 Å². The molecular weight excluding hydrogens is 407 g/mol. The number of ether oxygens (including phenoxy) is 1. The van der Waals surface area contributed by atoms with Crippen molar-refractivity contribution in [2.75, 3.05) is 39.4 Å². The van der Waals surface area contributed by atoms with E-state index in [2.05, 4.69) is 21.6 Å². The van der Waals surface area contributed by atoms with Crippen molar-refractivity contribution in [3.05, 3.63) is 58.0 Å². The third-order valence-corrected chi connectivity index (χ3v) is 6.09. The maximum atomic E-state index is 13.1. The van der Waals surface area contributed by atoms with Crippen molar-refractivity contribution in [2.45, 2.75) is 12.5 Å². The molecule has 3 rings (SSSR count). The topological polar surface area (TPSA) is 96.7 Å². The Balaban J connectivity index is 1.51. The van der Waals surface area contributed by atoms with Crippen LogP contribution in [0.1, 0.15) is 16.5 Å². The molecule has 0 spiro atoms. The van der Waals surface area contributed by atoms with Crippen LogP contribution in [0.2, 0.25) is 0 Å². The van der Waals surface area contributed by atoms with Crippen molar-refractivity contribution in [1.82, 2.24) is 15.5 Å². The number of hydrogen-bond acceptors (Lipinski definition) is 5. The minimum Gasteiger partial charge on any atom is -0.379 e. The number of carbonyl (C=O) groups is 2. The van der Waals surface area contributed by atoms with Crippen molar-refractivity contribution >= 4 is 23.3 Å². The molecule has 1 saturated heterocycles. The molecule has 1 fully saturated rings. The molecule has 2 aromatic rings. The summed E-state index contributed by atoms with van der Waals surface area (Å²) < 4.78 is 18.5. The number of rotatable bonds is 9. The fourth-order valence-electron chi connectivity index (χ4n) is 3.43. The van der Waals surface area contributed by atoms with Crippen LogP contribution in [-0.4, -0.2) is 56.2 Å². The first-order valence-corrected chi connectivity index (χ1v) is 10.8. The summed E-state index contributed by atoms with van der Waals surface area (Å²) in [7, 11) is 0. The van der Waals surface area contributed by atoms with E-state index in [1.54, 1.807) is 23.5 Å². The van der Waals surface area contributed by atoms with E-state index in [1.807, 2.05) is 11.4 Å². The van der Waals surface area contributed by atoms with Gasteiger partial charge >= 0.3 is 6.03 Å². The van der Waals surface area contributed by atoms with Crippen LogP contribution in [0, 0.1) is 11.7 Å². The zero-order valence-electron chi connectivity index (χ0n) is 16.7. The van der Waals surface area contributed by atoms with Gasteiger partial charge in [-0.3, -0.25) is 9.69 Å². The highest BCUT2D eigenvalue weighted by atomic mass is 32.1. The average molecular weight is 435 g/mol. The predicted octanol–water partition coefficient (Wildman–Crippen LogP) is 1.90. The Morgan fingerprint density at radius 2 is 1.83 bits per heavy atom. The quantitative estimate of drug-likeness (QED) is 0.562. The molecule has 7 nitrogen and oxygen atoms in total. The van der Waals surface area contributed by atoms with Gasteiger partial charge in [0.15, 0.2) is 0 Å². The molecule has 3 amide bonds. The van der Waals surface area contributed by atoms with Crippen LogP contribution < -0.4 is 16.4 Å². The van der Waals surface area contributed by atoms with E-state index in [-0.39, 0.29) is 24.4 Å². The molecule has 2 unspecified atom stereocenters. The number of hydrogen-bond donors (Lipinski definition) is 3. The monoisotopic (exact) mass is 434 g/mol. The summed E-state index contributed by atoms with van der Waals surface area (Å²) in [6, 6.07) is 9.68. The molecule has 0 saturated carbocycles. The summed E-state index contributed by atoms with van der Waals surface area (Å²) in [5.74, 6) is -1.43. The summed E-state index contributed by atoms with van der Waals surface area (Å²) in [5, 5.41) is 7.66. The normalized spacial score (nSPS) is 16.6. The van der Waals surface area contributed by atoms with Gasteiger partial charge in [-0.2, -0.15) is 0 Å². The van der Waals surface area contributed by atoms with Crippen molar-refractivity contribution in [1.29, 1.82) is 0 Å². The van der Waals surface area contributed by atoms with E-state index in [9.17, 15) is 14.0 Å². The van der Waals surface area contributed by atoms with Gasteiger partial charge in [0.25, 0.3) is 0 Å². The summed E-state index contributed by atoms with van der Waals surface area (Å²) >= 11 is 1.66. The van der Waals surface area contributed by atoms with Crippen molar-refractivity contribution in [3.8, 4) is 0 Å². The second-order valence-corrected chi connectivity index (χ2v) is 8.18. The number of morpholine rings is 1. The maximum Gasteiger partial charge on any atom is 0.314 e. The maximum absolute atomic E-state index is 13.1. The van der Waals surface area contributed by atoms with Crippen LogP contribution in [-0.2, 0) is 16.0 Å². The standard InChI is InChI=1S/C21H27FN4O3S/c22-17-5-3-15(4-6-17)12-16(20(23)27)13-24-21(28)25-14-18(19-2-1-11-30-19)26-7-9-29-10-8-26/h1-6,11,16,18H,7-10,12-14H2,(H2,23,27)(H2,24,25,28). The van der Waals surface area contributed by atoms with Crippen LogP contribution in [0.5, 0.6) is 0 Å². The summed E-state index contributed by atoms with van der Waals surface area (Å²) in [4.78, 5) is 27.6. The van der Waals surface area contributed by atoms with Crippen molar-refractivity contribution in [2.24, 2.45) is 11.7 Å². The lowest BCUT2D eigenvalue weighted by Gasteiger charge is -2.34. The number of halogens is 1. The molecule has 30 heavy (non-hydrogen) atoms. The van der Waals surface area contributed by atoms with Gasteiger partial charge in [-0.1, -0.05) is 18.2 Å². The molecular formula is C21H27FN4O3S. The number of amides is 3. The number of thiophene rings is 1. The van der Waals surface area contributed by atoms with E-state index >= 15 is 0 Å². The fourth-order valence-corrected chi connectivity index (χ4v) is 4.29. The summed E-state index contributed by atoms with van der Waals surface area (Å²) in [5.41, 5.74) is 6.27. The lowest BCUT2D eigenvalue weighted by Crippen LogP contribution is -2.47. The number of urea groups is 1. The van der Waals surface area contributed by atoms with Gasteiger partial charge in [-0.15, -0.1) is 11.3 Å². The Morgan fingerprint density at radius 3 is 2.47 bits per heavy atom. The predicted molar refractivity (Wildman–Crippen MR) is 114 cm³/mol. The lowest BCUT2D eigenvalue weighted by molar-refractivity contribution is -0.121. The smallest absolute Gasteiger partial charge is 0.314 e. The molecule has 0 aliphatic carbocycles. The Morgan fingerprint density at radius 1 is 1.13 bits per heavy atom. The Labute approximate surface area is 179 Å². The first kappa shape index (κ1) is 22.2. The van der Waals surface area contributed by atoms with Gasteiger partial charge in [-0.25, -0.2) is 9.18 Å². The highest BCUT2D eigenvalue weighted by Gasteiger charge is 2.24. The number of nitrogens with one attached hydrogen (secondary N) is 2. The second kappa shape index (κ2) is 11.1. The van der Waals surface area contributed by atoms with Crippen LogP contribution in [0.15, 0.2) is 41.8 Å². The molecule has 1 aliphatic rings. The molecule has 1 aromatic heterocycles. The zero-order valence-corrected chi connectivity index (χ0v) is 17.5. The minimum absolute atomic E-state index is 0.0748. The Bertz CT molecular complexity index is 810. The van der Waals surface area contributed by atoms with Gasteiger partial charge in [0.05, 0.1) is 25.2 Å².